The molecule has 0 saturated carbocycles. The number of hydrogen-bond donors (Lipinski definition) is 0. The van der Waals surface area contributed by atoms with Crippen LogP contribution in [0.4, 0.5) is 5.69 Å². The van der Waals surface area contributed by atoms with Gasteiger partial charge in [0, 0.05) is 37.0 Å². The summed E-state index contributed by atoms with van der Waals surface area (Å²) in [5, 5.41) is 10.7. The van der Waals surface area contributed by atoms with Crippen molar-refractivity contribution in [2.75, 3.05) is 24.6 Å². The molecule has 2 aromatic heterocycles. The molecule has 7 heteroatoms. The van der Waals surface area contributed by atoms with Gasteiger partial charge in [0.1, 0.15) is 22.9 Å². The lowest BCUT2D eigenvalue weighted by atomic mass is 9.80. The van der Waals surface area contributed by atoms with Crippen LogP contribution < -0.4 is 15.2 Å². The van der Waals surface area contributed by atoms with E-state index in [1.807, 2.05) is 49.4 Å². The minimum absolute atomic E-state index is 0.199. The number of piperidine rings is 1. The summed E-state index contributed by atoms with van der Waals surface area (Å²) in [6.07, 6.45) is 1.60. The average molecular weight is 443 g/mol. The molecule has 0 radical (unpaired) electrons. The smallest absolute Gasteiger partial charge is 0.270 e. The summed E-state index contributed by atoms with van der Waals surface area (Å²) in [6, 6.07) is 15.6. The van der Waals surface area contributed by atoms with Crippen molar-refractivity contribution in [2.24, 2.45) is 7.05 Å². The zero-order valence-corrected chi connectivity index (χ0v) is 19.1. The first kappa shape index (κ1) is 21.1. The summed E-state index contributed by atoms with van der Waals surface area (Å²) < 4.78 is 13.3. The van der Waals surface area contributed by atoms with Crippen molar-refractivity contribution in [1.29, 1.82) is 5.26 Å². The maximum Gasteiger partial charge on any atom is 0.270 e. The molecule has 33 heavy (non-hydrogen) atoms. The SMILES string of the molecule is CCOc1ccc2oc(C3(C)CCN(c4c(C#N)c(=O)n(C)c5ccccc45)CC3)nc2c1. The van der Waals surface area contributed by atoms with Gasteiger partial charge in [-0.2, -0.15) is 5.26 Å². The summed E-state index contributed by atoms with van der Waals surface area (Å²) >= 11 is 0. The quantitative estimate of drug-likeness (QED) is 0.462. The Bertz CT molecular complexity index is 1450. The number of fused-ring (bicyclic) bond motifs is 2. The highest BCUT2D eigenvalue weighted by atomic mass is 16.5. The molecule has 2 aromatic carbocycles. The molecule has 0 unspecified atom stereocenters. The molecule has 0 N–H and O–H groups in total. The number of nitriles is 1. The summed E-state index contributed by atoms with van der Waals surface area (Å²) in [7, 11) is 1.72. The number of benzene rings is 2. The Morgan fingerprint density at radius 1 is 1.21 bits per heavy atom. The van der Waals surface area contributed by atoms with Gasteiger partial charge in [-0.25, -0.2) is 4.98 Å². The standard InChI is InChI=1S/C26H26N4O3/c1-4-32-17-9-10-22-20(15-17)28-25(33-22)26(2)11-13-30(14-12-26)23-18-7-5-6-8-21(18)29(3)24(31)19(23)16-27/h5-10,15H,4,11-14H2,1-3H3. The Morgan fingerprint density at radius 3 is 2.70 bits per heavy atom. The fraction of sp³-hybridized carbons (Fsp3) is 0.346. The summed E-state index contributed by atoms with van der Waals surface area (Å²) in [5.74, 6) is 1.51. The van der Waals surface area contributed by atoms with Gasteiger partial charge >= 0.3 is 0 Å². The van der Waals surface area contributed by atoms with E-state index < -0.39 is 0 Å². The monoisotopic (exact) mass is 442 g/mol. The molecule has 1 aliphatic rings. The average Bonchev–Trinajstić information content (AvgIpc) is 3.27. The minimum atomic E-state index is -0.261. The minimum Gasteiger partial charge on any atom is -0.494 e. The van der Waals surface area contributed by atoms with Crippen molar-refractivity contribution in [1.82, 2.24) is 9.55 Å². The van der Waals surface area contributed by atoms with E-state index in [0.29, 0.717) is 19.7 Å². The molecular formula is C26H26N4O3. The third-order valence-electron chi connectivity index (χ3n) is 6.76. The zero-order chi connectivity index (χ0) is 23.2. The number of ether oxygens (including phenoxy) is 1. The third-order valence-corrected chi connectivity index (χ3v) is 6.76. The maximum absolute atomic E-state index is 12.9. The van der Waals surface area contributed by atoms with Crippen molar-refractivity contribution < 1.29 is 9.15 Å². The van der Waals surface area contributed by atoms with E-state index in [4.69, 9.17) is 14.1 Å². The van der Waals surface area contributed by atoms with Crippen LogP contribution in [-0.4, -0.2) is 29.2 Å². The molecule has 4 aromatic rings. The lowest BCUT2D eigenvalue weighted by Crippen LogP contribution is -2.42. The summed E-state index contributed by atoms with van der Waals surface area (Å²) in [6.45, 7) is 6.13. The van der Waals surface area contributed by atoms with E-state index in [1.54, 1.807) is 11.6 Å². The predicted octanol–water partition coefficient (Wildman–Crippen LogP) is 4.51. The van der Waals surface area contributed by atoms with Crippen LogP contribution in [0.25, 0.3) is 22.0 Å². The molecule has 1 aliphatic heterocycles. The van der Waals surface area contributed by atoms with Crippen molar-refractivity contribution in [3.8, 4) is 11.8 Å². The first-order chi connectivity index (χ1) is 15.9. The normalized spacial score (nSPS) is 15.6. The van der Waals surface area contributed by atoms with Gasteiger partial charge in [-0.3, -0.25) is 4.79 Å². The highest BCUT2D eigenvalue weighted by Crippen LogP contribution is 2.39. The molecule has 0 aliphatic carbocycles. The zero-order valence-electron chi connectivity index (χ0n) is 19.1. The number of anilines is 1. The predicted molar refractivity (Wildman–Crippen MR) is 128 cm³/mol. The highest BCUT2D eigenvalue weighted by molar-refractivity contribution is 5.95. The van der Waals surface area contributed by atoms with Gasteiger partial charge in [-0.15, -0.1) is 0 Å². The van der Waals surface area contributed by atoms with Crippen LogP contribution in [0.5, 0.6) is 5.75 Å². The van der Waals surface area contributed by atoms with Crippen molar-refractivity contribution in [3.05, 3.63) is 64.3 Å². The number of rotatable bonds is 4. The molecule has 3 heterocycles. The molecule has 168 valence electrons. The van der Waals surface area contributed by atoms with Gasteiger partial charge in [-0.1, -0.05) is 25.1 Å². The summed E-state index contributed by atoms with van der Waals surface area (Å²) in [4.78, 5) is 19.8. The van der Waals surface area contributed by atoms with E-state index in [0.717, 1.165) is 52.2 Å². The van der Waals surface area contributed by atoms with Gasteiger partial charge in [0.05, 0.1) is 17.8 Å². The Kier molecular flexibility index (Phi) is 5.09. The Morgan fingerprint density at radius 2 is 1.97 bits per heavy atom. The maximum atomic E-state index is 12.9. The topological polar surface area (TPSA) is 84.3 Å². The van der Waals surface area contributed by atoms with Crippen LogP contribution in [0.2, 0.25) is 0 Å². The number of nitrogens with zero attached hydrogens (tertiary/aromatic N) is 4. The van der Waals surface area contributed by atoms with Gasteiger partial charge in [0.25, 0.3) is 5.56 Å². The molecule has 0 atom stereocenters. The fourth-order valence-corrected chi connectivity index (χ4v) is 4.77. The van der Waals surface area contributed by atoms with Gasteiger partial charge in [0.15, 0.2) is 5.58 Å². The Labute approximate surface area is 191 Å². The van der Waals surface area contributed by atoms with Gasteiger partial charge < -0.3 is 18.6 Å². The molecule has 1 saturated heterocycles. The number of oxazole rings is 1. The lowest BCUT2D eigenvalue weighted by molar-refractivity contribution is 0.292. The number of pyridine rings is 1. The highest BCUT2D eigenvalue weighted by Gasteiger charge is 2.37. The Hall–Kier alpha value is -3.79. The second kappa shape index (κ2) is 7.96. The number of aryl methyl sites for hydroxylation is 1. The van der Waals surface area contributed by atoms with Gasteiger partial charge in [-0.05, 0) is 38.0 Å². The van der Waals surface area contributed by atoms with E-state index in [1.165, 1.54) is 0 Å². The second-order valence-corrected chi connectivity index (χ2v) is 8.85. The molecule has 0 spiro atoms. The molecule has 0 amide bonds. The van der Waals surface area contributed by atoms with Crippen LogP contribution in [-0.2, 0) is 12.5 Å². The van der Waals surface area contributed by atoms with Crippen molar-refractivity contribution >= 4 is 27.7 Å². The van der Waals surface area contributed by atoms with Crippen LogP contribution in [0.1, 0.15) is 38.1 Å². The van der Waals surface area contributed by atoms with Gasteiger partial charge in [0.2, 0.25) is 5.89 Å². The first-order valence-electron chi connectivity index (χ1n) is 11.3. The number of hydrogen-bond acceptors (Lipinski definition) is 6. The summed E-state index contributed by atoms with van der Waals surface area (Å²) in [5.41, 5.74) is 2.81. The molecular weight excluding hydrogens is 416 g/mol. The largest absolute Gasteiger partial charge is 0.494 e. The van der Waals surface area contributed by atoms with Crippen LogP contribution >= 0.6 is 0 Å². The van der Waals surface area contributed by atoms with Crippen molar-refractivity contribution in [2.45, 2.75) is 32.1 Å². The molecule has 0 bridgehead atoms. The van der Waals surface area contributed by atoms with E-state index in [2.05, 4.69) is 17.9 Å². The number of para-hydroxylation sites is 1. The molecule has 5 rings (SSSR count). The van der Waals surface area contributed by atoms with E-state index in [9.17, 15) is 10.1 Å². The number of aromatic nitrogens is 2. The van der Waals surface area contributed by atoms with Crippen LogP contribution in [0.3, 0.4) is 0 Å². The second-order valence-electron chi connectivity index (χ2n) is 8.85. The van der Waals surface area contributed by atoms with Crippen LogP contribution in [0, 0.1) is 11.3 Å². The third kappa shape index (κ3) is 3.43. The fourth-order valence-electron chi connectivity index (χ4n) is 4.77. The van der Waals surface area contributed by atoms with Crippen molar-refractivity contribution in [3.63, 3.8) is 0 Å². The molecule has 1 fully saturated rings. The first-order valence-corrected chi connectivity index (χ1v) is 11.3. The van der Waals surface area contributed by atoms with E-state index in [-0.39, 0.29) is 16.5 Å². The van der Waals surface area contributed by atoms with E-state index >= 15 is 0 Å². The molecule has 7 nitrogen and oxygen atoms in total. The van der Waals surface area contributed by atoms with Crippen LogP contribution in [0.15, 0.2) is 51.7 Å². The lowest BCUT2D eigenvalue weighted by Gasteiger charge is -2.39. The Balaban J connectivity index is 1.48.